The van der Waals surface area contributed by atoms with Gasteiger partial charge in [-0.15, -0.1) is 0 Å². The van der Waals surface area contributed by atoms with Crippen molar-refractivity contribution in [1.82, 2.24) is 4.90 Å². The number of thioether (sulfide) groups is 1. The molecule has 0 amide bonds. The van der Waals surface area contributed by atoms with Gasteiger partial charge in [0.25, 0.3) is 0 Å². The Morgan fingerprint density at radius 1 is 1.41 bits per heavy atom. The molecule has 0 aliphatic heterocycles. The van der Waals surface area contributed by atoms with Gasteiger partial charge in [0.15, 0.2) is 0 Å². The molecule has 0 heterocycles. The number of benzene rings is 1. The van der Waals surface area contributed by atoms with Crippen LogP contribution < -0.4 is 5.32 Å². The Labute approximate surface area is 110 Å². The third kappa shape index (κ3) is 5.46. The molecule has 1 unspecified atom stereocenters. The van der Waals surface area contributed by atoms with E-state index in [1.54, 1.807) is 0 Å². The van der Waals surface area contributed by atoms with E-state index in [9.17, 15) is 0 Å². The van der Waals surface area contributed by atoms with E-state index in [4.69, 9.17) is 0 Å². The van der Waals surface area contributed by atoms with Crippen molar-refractivity contribution in [3.8, 4) is 0 Å². The van der Waals surface area contributed by atoms with Crippen LogP contribution in [0.2, 0.25) is 0 Å². The molecule has 1 rings (SSSR count). The monoisotopic (exact) mass is 252 g/mol. The fourth-order valence-corrected chi connectivity index (χ4v) is 2.46. The van der Waals surface area contributed by atoms with E-state index in [-0.39, 0.29) is 0 Å². The molecule has 0 spiro atoms. The molecule has 1 aromatic carbocycles. The number of rotatable bonds is 7. The van der Waals surface area contributed by atoms with Gasteiger partial charge in [-0.3, -0.25) is 0 Å². The zero-order valence-electron chi connectivity index (χ0n) is 11.4. The second-order valence-corrected chi connectivity index (χ2v) is 5.49. The molecule has 0 fully saturated rings. The first-order chi connectivity index (χ1) is 8.13. The Balaban J connectivity index is 2.28. The van der Waals surface area contributed by atoms with E-state index < -0.39 is 0 Å². The maximum absolute atomic E-state index is 3.46. The van der Waals surface area contributed by atoms with Crippen LogP contribution in [-0.4, -0.2) is 43.1 Å². The van der Waals surface area contributed by atoms with Gasteiger partial charge in [-0.2, -0.15) is 11.8 Å². The van der Waals surface area contributed by atoms with Gasteiger partial charge in [-0.05, 0) is 44.8 Å². The van der Waals surface area contributed by atoms with Gasteiger partial charge in [0, 0.05) is 30.6 Å². The van der Waals surface area contributed by atoms with Crippen molar-refractivity contribution in [1.29, 1.82) is 0 Å². The van der Waals surface area contributed by atoms with E-state index in [0.717, 1.165) is 13.1 Å². The molecule has 2 nitrogen and oxygen atoms in total. The van der Waals surface area contributed by atoms with Gasteiger partial charge < -0.3 is 10.2 Å². The van der Waals surface area contributed by atoms with Gasteiger partial charge in [-0.1, -0.05) is 12.1 Å². The molecule has 1 N–H and O–H groups in total. The van der Waals surface area contributed by atoms with Crippen LogP contribution in [0.15, 0.2) is 24.3 Å². The van der Waals surface area contributed by atoms with Gasteiger partial charge in [-0.25, -0.2) is 0 Å². The number of anilines is 1. The lowest BCUT2D eigenvalue weighted by atomic mass is 10.2. The first-order valence-corrected chi connectivity index (χ1v) is 7.52. The van der Waals surface area contributed by atoms with Crippen molar-refractivity contribution >= 4 is 17.4 Å². The van der Waals surface area contributed by atoms with E-state index >= 15 is 0 Å². The highest BCUT2D eigenvalue weighted by atomic mass is 32.2. The summed E-state index contributed by atoms with van der Waals surface area (Å²) in [6, 6.07) is 9.17. The zero-order chi connectivity index (χ0) is 12.7. The molecule has 0 aliphatic rings. The molecule has 3 heteroatoms. The van der Waals surface area contributed by atoms with Crippen molar-refractivity contribution in [2.45, 2.75) is 19.9 Å². The van der Waals surface area contributed by atoms with E-state index in [1.165, 1.54) is 17.0 Å². The molecule has 0 aromatic heterocycles. The van der Waals surface area contributed by atoms with E-state index in [1.807, 2.05) is 11.8 Å². The van der Waals surface area contributed by atoms with Gasteiger partial charge in [0.05, 0.1) is 0 Å². The zero-order valence-corrected chi connectivity index (χ0v) is 12.2. The van der Waals surface area contributed by atoms with Crippen molar-refractivity contribution in [3.05, 3.63) is 29.8 Å². The number of hydrogen-bond donors (Lipinski definition) is 1. The molecular weight excluding hydrogens is 228 g/mol. The third-order valence-electron chi connectivity index (χ3n) is 2.97. The number of hydrogen-bond acceptors (Lipinski definition) is 3. The largest absolute Gasteiger partial charge is 0.384 e. The molecule has 0 radical (unpaired) electrons. The summed E-state index contributed by atoms with van der Waals surface area (Å²) < 4.78 is 0. The van der Waals surface area contributed by atoms with Crippen LogP contribution in [-0.2, 0) is 0 Å². The van der Waals surface area contributed by atoms with Crippen LogP contribution in [0.25, 0.3) is 0 Å². The normalized spacial score (nSPS) is 12.8. The van der Waals surface area contributed by atoms with Crippen LogP contribution in [0.1, 0.15) is 12.5 Å². The predicted molar refractivity (Wildman–Crippen MR) is 80.1 cm³/mol. The van der Waals surface area contributed by atoms with Crippen LogP contribution in [0.4, 0.5) is 5.69 Å². The van der Waals surface area contributed by atoms with Crippen LogP contribution in [0.5, 0.6) is 0 Å². The van der Waals surface area contributed by atoms with Gasteiger partial charge >= 0.3 is 0 Å². The highest BCUT2D eigenvalue weighted by Gasteiger charge is 2.07. The topological polar surface area (TPSA) is 15.3 Å². The molecule has 1 atom stereocenters. The second-order valence-electron chi connectivity index (χ2n) is 4.58. The molecule has 0 bridgehead atoms. The smallest absolute Gasteiger partial charge is 0.0343 e. The Morgan fingerprint density at radius 3 is 2.82 bits per heavy atom. The minimum Gasteiger partial charge on any atom is -0.384 e. The first-order valence-electron chi connectivity index (χ1n) is 6.13. The molecule has 0 aliphatic carbocycles. The lowest BCUT2D eigenvalue weighted by Crippen LogP contribution is -2.34. The average Bonchev–Trinajstić information content (AvgIpc) is 2.29. The van der Waals surface area contributed by atoms with Crippen molar-refractivity contribution < 1.29 is 0 Å². The Kier molecular flexibility index (Phi) is 6.45. The number of aryl methyl sites for hydroxylation is 1. The van der Waals surface area contributed by atoms with E-state index in [2.05, 4.69) is 61.6 Å². The molecular formula is C14H24N2S. The summed E-state index contributed by atoms with van der Waals surface area (Å²) in [5.74, 6) is 1.20. The molecule has 17 heavy (non-hydrogen) atoms. The summed E-state index contributed by atoms with van der Waals surface area (Å²) in [5.41, 5.74) is 2.52. The maximum Gasteiger partial charge on any atom is 0.0343 e. The fraction of sp³-hybridized carbons (Fsp3) is 0.571. The molecule has 1 aromatic rings. The number of nitrogens with zero attached hydrogens (tertiary/aromatic N) is 1. The Hall–Kier alpha value is -0.670. The Morgan fingerprint density at radius 2 is 2.18 bits per heavy atom. The van der Waals surface area contributed by atoms with Crippen LogP contribution >= 0.6 is 11.8 Å². The summed E-state index contributed by atoms with van der Waals surface area (Å²) in [4.78, 5) is 2.40. The van der Waals surface area contributed by atoms with Crippen LogP contribution in [0.3, 0.4) is 0 Å². The lowest BCUT2D eigenvalue weighted by molar-refractivity contribution is 0.288. The highest BCUT2D eigenvalue weighted by Crippen LogP contribution is 2.09. The Bertz CT molecular complexity index is 328. The summed E-state index contributed by atoms with van der Waals surface area (Å²) in [6.07, 6.45) is 2.16. The summed E-state index contributed by atoms with van der Waals surface area (Å²) in [5, 5.41) is 3.46. The van der Waals surface area contributed by atoms with Gasteiger partial charge in [0.1, 0.15) is 0 Å². The van der Waals surface area contributed by atoms with Crippen molar-refractivity contribution in [3.63, 3.8) is 0 Å². The number of likely N-dealkylation sites (N-methyl/N-ethyl adjacent to an activating group) is 1. The third-order valence-corrected chi connectivity index (χ3v) is 3.79. The predicted octanol–water partition coefficient (Wildman–Crippen LogP) is 3.09. The quantitative estimate of drug-likeness (QED) is 0.803. The minimum atomic E-state index is 0.643. The first kappa shape index (κ1) is 14.4. The van der Waals surface area contributed by atoms with Crippen molar-refractivity contribution in [2.24, 2.45) is 0 Å². The summed E-state index contributed by atoms with van der Waals surface area (Å²) in [6.45, 7) is 6.48. The molecule has 0 saturated carbocycles. The molecule has 0 saturated heterocycles. The summed E-state index contributed by atoms with van der Waals surface area (Å²) >= 11 is 1.91. The van der Waals surface area contributed by atoms with Gasteiger partial charge in [0.2, 0.25) is 0 Å². The van der Waals surface area contributed by atoms with Crippen LogP contribution in [0, 0.1) is 6.92 Å². The van der Waals surface area contributed by atoms with E-state index in [0.29, 0.717) is 6.04 Å². The van der Waals surface area contributed by atoms with Crippen molar-refractivity contribution in [2.75, 3.05) is 37.5 Å². The second kappa shape index (κ2) is 7.62. The summed E-state index contributed by atoms with van der Waals surface area (Å²) in [7, 11) is 2.19. The average molecular weight is 252 g/mol. The number of nitrogens with one attached hydrogen (secondary N) is 1. The highest BCUT2D eigenvalue weighted by molar-refractivity contribution is 7.98. The molecule has 96 valence electrons. The fourth-order valence-electron chi connectivity index (χ4n) is 1.72. The lowest BCUT2D eigenvalue weighted by Gasteiger charge is -2.24. The minimum absolute atomic E-state index is 0.643. The standard InChI is InChI=1S/C14H24N2S/c1-12-6-5-7-14(10-12)15-8-9-16(3)13(2)11-17-4/h5-7,10,13,15H,8-9,11H2,1-4H3. The SMILES string of the molecule is CSCC(C)N(C)CCNc1cccc(C)c1. The maximum atomic E-state index is 3.46.